The Morgan fingerprint density at radius 1 is 1.26 bits per heavy atom. The standard InChI is InChI=1S/C15H26N2O2/c1-5-8-11(2)17-13(19)14(3,4)16-12(18)15(17)9-6-7-10-15/h11H,5-10H2,1-4H3,(H,16,18). The van der Waals surface area contributed by atoms with Crippen LogP contribution >= 0.6 is 0 Å². The Morgan fingerprint density at radius 2 is 1.84 bits per heavy atom. The summed E-state index contributed by atoms with van der Waals surface area (Å²) in [6.45, 7) is 7.81. The maximum atomic E-state index is 12.8. The van der Waals surface area contributed by atoms with E-state index in [0.717, 1.165) is 38.5 Å². The molecule has 19 heavy (non-hydrogen) atoms. The summed E-state index contributed by atoms with van der Waals surface area (Å²) in [5, 5.41) is 2.93. The summed E-state index contributed by atoms with van der Waals surface area (Å²) in [6, 6.07) is 0.140. The van der Waals surface area contributed by atoms with E-state index in [1.807, 2.05) is 4.90 Å². The van der Waals surface area contributed by atoms with E-state index in [9.17, 15) is 9.59 Å². The van der Waals surface area contributed by atoms with E-state index in [0.29, 0.717) is 0 Å². The molecule has 0 aromatic heterocycles. The number of carbonyl (C=O) groups is 2. The summed E-state index contributed by atoms with van der Waals surface area (Å²) in [5.41, 5.74) is -1.34. The lowest BCUT2D eigenvalue weighted by Gasteiger charge is -2.51. The molecular formula is C15H26N2O2. The molecule has 1 aliphatic heterocycles. The Bertz CT molecular complexity index is 384. The number of piperazine rings is 1. The Kier molecular flexibility index (Phi) is 3.63. The van der Waals surface area contributed by atoms with Crippen molar-refractivity contribution in [3.05, 3.63) is 0 Å². The molecule has 1 aliphatic carbocycles. The predicted molar refractivity (Wildman–Crippen MR) is 74.6 cm³/mol. The Balaban J connectivity index is 2.40. The number of nitrogens with zero attached hydrogens (tertiary/aromatic N) is 1. The third-order valence-electron chi connectivity index (χ3n) is 4.64. The van der Waals surface area contributed by atoms with Crippen LogP contribution in [0.3, 0.4) is 0 Å². The van der Waals surface area contributed by atoms with E-state index < -0.39 is 11.1 Å². The second-order valence-electron chi connectivity index (χ2n) is 6.63. The molecule has 2 amide bonds. The van der Waals surface area contributed by atoms with Crippen molar-refractivity contribution in [3.63, 3.8) is 0 Å². The Labute approximate surface area is 115 Å². The molecular weight excluding hydrogens is 240 g/mol. The normalized spacial score (nSPS) is 26.6. The van der Waals surface area contributed by atoms with Gasteiger partial charge in [0.15, 0.2) is 0 Å². The molecule has 0 radical (unpaired) electrons. The molecule has 4 nitrogen and oxygen atoms in total. The molecule has 1 saturated heterocycles. The summed E-state index contributed by atoms with van der Waals surface area (Å²) < 4.78 is 0. The lowest BCUT2D eigenvalue weighted by atomic mass is 9.83. The molecule has 1 atom stereocenters. The predicted octanol–water partition coefficient (Wildman–Crippen LogP) is 2.22. The van der Waals surface area contributed by atoms with Crippen LogP contribution in [0.4, 0.5) is 0 Å². The van der Waals surface area contributed by atoms with Gasteiger partial charge in [-0.1, -0.05) is 26.2 Å². The number of nitrogens with one attached hydrogen (secondary N) is 1. The van der Waals surface area contributed by atoms with Gasteiger partial charge in [0, 0.05) is 6.04 Å². The maximum absolute atomic E-state index is 12.8. The van der Waals surface area contributed by atoms with Crippen molar-refractivity contribution in [1.82, 2.24) is 10.2 Å². The minimum absolute atomic E-state index is 0.0533. The molecule has 0 aromatic carbocycles. The van der Waals surface area contributed by atoms with Crippen molar-refractivity contribution in [1.29, 1.82) is 0 Å². The van der Waals surface area contributed by atoms with Crippen LogP contribution in [-0.2, 0) is 9.59 Å². The van der Waals surface area contributed by atoms with Crippen molar-refractivity contribution in [2.45, 2.75) is 83.3 Å². The molecule has 1 unspecified atom stereocenters. The fraction of sp³-hybridized carbons (Fsp3) is 0.867. The third-order valence-corrected chi connectivity index (χ3v) is 4.64. The van der Waals surface area contributed by atoms with Crippen LogP contribution in [-0.4, -0.2) is 33.8 Å². The number of carbonyl (C=O) groups excluding carboxylic acids is 2. The lowest BCUT2D eigenvalue weighted by molar-refractivity contribution is -0.165. The fourth-order valence-electron chi connectivity index (χ4n) is 3.66. The first-order valence-electron chi connectivity index (χ1n) is 7.51. The Hall–Kier alpha value is -1.06. The number of amides is 2. The van der Waals surface area contributed by atoms with E-state index in [4.69, 9.17) is 0 Å². The first-order valence-corrected chi connectivity index (χ1v) is 7.51. The van der Waals surface area contributed by atoms with Gasteiger partial charge in [-0.15, -0.1) is 0 Å². The molecule has 108 valence electrons. The molecule has 1 heterocycles. The van der Waals surface area contributed by atoms with E-state index in [1.54, 1.807) is 13.8 Å². The van der Waals surface area contributed by atoms with Gasteiger partial charge in [-0.05, 0) is 40.0 Å². The molecule has 1 saturated carbocycles. The van der Waals surface area contributed by atoms with Crippen LogP contribution in [0.2, 0.25) is 0 Å². The molecule has 1 N–H and O–H groups in total. The highest BCUT2D eigenvalue weighted by Gasteiger charge is 2.57. The number of hydrogen-bond donors (Lipinski definition) is 1. The summed E-state index contributed by atoms with van der Waals surface area (Å²) in [4.78, 5) is 27.3. The summed E-state index contributed by atoms with van der Waals surface area (Å²) in [6.07, 6.45) is 5.69. The lowest BCUT2D eigenvalue weighted by Crippen LogP contribution is -2.74. The van der Waals surface area contributed by atoms with E-state index >= 15 is 0 Å². The van der Waals surface area contributed by atoms with Gasteiger partial charge in [0.2, 0.25) is 11.8 Å². The van der Waals surface area contributed by atoms with Gasteiger partial charge in [-0.25, -0.2) is 0 Å². The SMILES string of the molecule is CCCC(C)N1C(=O)C(C)(C)NC(=O)C12CCCC2. The molecule has 1 spiro atoms. The zero-order valence-corrected chi connectivity index (χ0v) is 12.6. The highest BCUT2D eigenvalue weighted by atomic mass is 16.2. The van der Waals surface area contributed by atoms with Crippen molar-refractivity contribution in [2.24, 2.45) is 0 Å². The highest BCUT2D eigenvalue weighted by Crippen LogP contribution is 2.41. The minimum Gasteiger partial charge on any atom is -0.340 e. The number of hydrogen-bond acceptors (Lipinski definition) is 2. The zero-order chi connectivity index (χ0) is 14.3. The van der Waals surface area contributed by atoms with E-state index in [1.165, 1.54) is 0 Å². The van der Waals surface area contributed by atoms with Crippen LogP contribution in [0, 0.1) is 0 Å². The van der Waals surface area contributed by atoms with Gasteiger partial charge >= 0.3 is 0 Å². The monoisotopic (exact) mass is 266 g/mol. The minimum atomic E-state index is -0.771. The average molecular weight is 266 g/mol. The highest BCUT2D eigenvalue weighted by molar-refractivity contribution is 6.02. The quantitative estimate of drug-likeness (QED) is 0.851. The molecule has 4 heteroatoms. The average Bonchev–Trinajstić information content (AvgIpc) is 2.77. The molecule has 0 aromatic rings. The number of rotatable bonds is 3. The van der Waals surface area contributed by atoms with Crippen molar-refractivity contribution >= 4 is 11.8 Å². The zero-order valence-electron chi connectivity index (χ0n) is 12.6. The smallest absolute Gasteiger partial charge is 0.248 e. The van der Waals surface area contributed by atoms with E-state index in [-0.39, 0.29) is 17.9 Å². The molecule has 0 bridgehead atoms. The topological polar surface area (TPSA) is 49.4 Å². The first kappa shape index (κ1) is 14.4. The fourth-order valence-corrected chi connectivity index (χ4v) is 3.66. The summed E-state index contributed by atoms with van der Waals surface area (Å²) in [5.74, 6) is 0.132. The van der Waals surface area contributed by atoms with Crippen LogP contribution in [0.1, 0.15) is 66.2 Å². The van der Waals surface area contributed by atoms with E-state index in [2.05, 4.69) is 19.2 Å². The third kappa shape index (κ3) is 2.15. The van der Waals surface area contributed by atoms with Crippen LogP contribution in [0.15, 0.2) is 0 Å². The summed E-state index contributed by atoms with van der Waals surface area (Å²) in [7, 11) is 0. The van der Waals surface area contributed by atoms with Crippen molar-refractivity contribution in [2.75, 3.05) is 0 Å². The first-order chi connectivity index (χ1) is 8.85. The van der Waals surface area contributed by atoms with Crippen LogP contribution in [0.5, 0.6) is 0 Å². The van der Waals surface area contributed by atoms with Crippen molar-refractivity contribution < 1.29 is 9.59 Å². The van der Waals surface area contributed by atoms with Gasteiger partial charge in [0.05, 0.1) is 0 Å². The van der Waals surface area contributed by atoms with Gasteiger partial charge < -0.3 is 10.2 Å². The van der Waals surface area contributed by atoms with Crippen LogP contribution in [0.25, 0.3) is 0 Å². The second-order valence-corrected chi connectivity index (χ2v) is 6.63. The van der Waals surface area contributed by atoms with Crippen molar-refractivity contribution in [3.8, 4) is 0 Å². The molecule has 2 fully saturated rings. The maximum Gasteiger partial charge on any atom is 0.248 e. The second kappa shape index (κ2) is 4.80. The largest absolute Gasteiger partial charge is 0.340 e. The summed E-state index contributed by atoms with van der Waals surface area (Å²) >= 11 is 0. The van der Waals surface area contributed by atoms with Gasteiger partial charge in [0.25, 0.3) is 0 Å². The van der Waals surface area contributed by atoms with Gasteiger partial charge in [0.1, 0.15) is 11.1 Å². The van der Waals surface area contributed by atoms with Gasteiger partial charge in [-0.2, -0.15) is 0 Å². The van der Waals surface area contributed by atoms with Crippen LogP contribution < -0.4 is 5.32 Å². The molecule has 2 aliphatic rings. The molecule has 2 rings (SSSR count). The van der Waals surface area contributed by atoms with Gasteiger partial charge in [-0.3, -0.25) is 9.59 Å². The Morgan fingerprint density at radius 3 is 2.37 bits per heavy atom.